The van der Waals surface area contributed by atoms with Gasteiger partial charge in [-0.25, -0.2) is 0 Å². The maximum atomic E-state index is 12.3. The predicted molar refractivity (Wildman–Crippen MR) is 75.8 cm³/mol. The van der Waals surface area contributed by atoms with E-state index in [-0.39, 0.29) is 12.3 Å². The molecule has 2 unspecified atom stereocenters. The van der Waals surface area contributed by atoms with Gasteiger partial charge in [-0.3, -0.25) is 9.59 Å². The molecule has 1 fully saturated rings. The second kappa shape index (κ2) is 5.87. The molecule has 0 bridgehead atoms. The van der Waals surface area contributed by atoms with Crippen LogP contribution in [0.1, 0.15) is 49.6 Å². The summed E-state index contributed by atoms with van der Waals surface area (Å²) >= 11 is 0. The molecule has 1 aromatic rings. The Morgan fingerprint density at radius 1 is 1.43 bits per heavy atom. The van der Waals surface area contributed by atoms with Gasteiger partial charge in [0.1, 0.15) is 5.76 Å². The van der Waals surface area contributed by atoms with E-state index in [4.69, 9.17) is 4.52 Å². The van der Waals surface area contributed by atoms with Crippen molar-refractivity contribution in [3.05, 3.63) is 17.0 Å². The van der Waals surface area contributed by atoms with Crippen LogP contribution in [0.5, 0.6) is 0 Å². The smallest absolute Gasteiger partial charge is 0.308 e. The first-order chi connectivity index (χ1) is 9.83. The van der Waals surface area contributed by atoms with Crippen molar-refractivity contribution in [1.82, 2.24) is 10.5 Å². The van der Waals surface area contributed by atoms with E-state index in [9.17, 15) is 14.7 Å². The molecular formula is C15H22N2O4. The number of carbonyl (C=O) groups is 2. The molecule has 2 N–H and O–H groups in total. The van der Waals surface area contributed by atoms with Crippen LogP contribution in [0.15, 0.2) is 4.52 Å². The van der Waals surface area contributed by atoms with E-state index >= 15 is 0 Å². The molecule has 0 radical (unpaired) electrons. The zero-order chi connectivity index (χ0) is 15.6. The number of hydrogen-bond acceptors (Lipinski definition) is 4. The average Bonchev–Trinajstić information content (AvgIpc) is 2.70. The third kappa shape index (κ3) is 3.25. The van der Waals surface area contributed by atoms with Crippen molar-refractivity contribution in [1.29, 1.82) is 0 Å². The molecule has 0 aromatic carbocycles. The summed E-state index contributed by atoms with van der Waals surface area (Å²) in [6, 6.07) is 0. The number of rotatable bonds is 4. The van der Waals surface area contributed by atoms with Gasteiger partial charge in [0.05, 0.1) is 23.6 Å². The van der Waals surface area contributed by atoms with Crippen molar-refractivity contribution in [2.24, 2.45) is 5.92 Å². The molecule has 0 aliphatic heterocycles. The normalized spacial score (nSPS) is 25.6. The van der Waals surface area contributed by atoms with E-state index in [2.05, 4.69) is 10.5 Å². The molecule has 1 saturated carbocycles. The quantitative estimate of drug-likeness (QED) is 0.885. The zero-order valence-corrected chi connectivity index (χ0v) is 12.7. The molecule has 6 heteroatoms. The summed E-state index contributed by atoms with van der Waals surface area (Å²) in [4.78, 5) is 23.7. The topological polar surface area (TPSA) is 92.4 Å². The highest BCUT2D eigenvalue weighted by molar-refractivity contribution is 5.81. The molecule has 2 atom stereocenters. The Morgan fingerprint density at radius 3 is 2.71 bits per heavy atom. The molecule has 6 nitrogen and oxygen atoms in total. The summed E-state index contributed by atoms with van der Waals surface area (Å²) in [5.74, 6) is -0.916. The summed E-state index contributed by atoms with van der Waals surface area (Å²) in [5, 5.41) is 16.1. The Labute approximate surface area is 123 Å². The largest absolute Gasteiger partial charge is 0.481 e. The highest BCUT2D eigenvalue weighted by Crippen LogP contribution is 2.34. The lowest BCUT2D eigenvalue weighted by Gasteiger charge is -2.39. The minimum atomic E-state index is -0.838. The number of carboxylic acids is 1. The van der Waals surface area contributed by atoms with E-state index in [1.165, 1.54) is 0 Å². The maximum absolute atomic E-state index is 12.3. The lowest BCUT2D eigenvalue weighted by Crippen LogP contribution is -2.55. The first-order valence-corrected chi connectivity index (χ1v) is 7.29. The molecule has 1 aromatic heterocycles. The summed E-state index contributed by atoms with van der Waals surface area (Å²) in [6.07, 6.45) is 3.30. The number of hydrogen-bond donors (Lipinski definition) is 2. The molecule has 1 amide bonds. The zero-order valence-electron chi connectivity index (χ0n) is 12.7. The molecular weight excluding hydrogens is 272 g/mol. The highest BCUT2D eigenvalue weighted by atomic mass is 16.5. The Hall–Kier alpha value is -1.85. The third-order valence-electron chi connectivity index (χ3n) is 4.45. The number of nitrogens with zero attached hydrogens (tertiary/aromatic N) is 1. The number of nitrogens with one attached hydrogen (secondary N) is 1. The molecule has 1 aliphatic carbocycles. The monoisotopic (exact) mass is 294 g/mol. The fourth-order valence-electron chi connectivity index (χ4n) is 3.16. The minimum Gasteiger partial charge on any atom is -0.481 e. The van der Waals surface area contributed by atoms with Gasteiger partial charge in [-0.05, 0) is 33.6 Å². The Balaban J connectivity index is 2.08. The van der Waals surface area contributed by atoms with Crippen LogP contribution in [0, 0.1) is 19.8 Å². The van der Waals surface area contributed by atoms with Crippen LogP contribution in [0.3, 0.4) is 0 Å². The van der Waals surface area contributed by atoms with E-state index in [0.717, 1.165) is 18.4 Å². The van der Waals surface area contributed by atoms with Crippen molar-refractivity contribution < 1.29 is 19.2 Å². The van der Waals surface area contributed by atoms with Crippen molar-refractivity contribution in [3.8, 4) is 0 Å². The van der Waals surface area contributed by atoms with Gasteiger partial charge in [-0.2, -0.15) is 0 Å². The van der Waals surface area contributed by atoms with Crippen LogP contribution in [0.25, 0.3) is 0 Å². The number of aromatic nitrogens is 1. The number of aliphatic carboxylic acids is 1. The second-order valence-corrected chi connectivity index (χ2v) is 6.08. The first kappa shape index (κ1) is 15.5. The lowest BCUT2D eigenvalue weighted by atomic mass is 9.74. The van der Waals surface area contributed by atoms with Gasteiger partial charge < -0.3 is 14.9 Å². The second-order valence-electron chi connectivity index (χ2n) is 6.08. The maximum Gasteiger partial charge on any atom is 0.308 e. The van der Waals surface area contributed by atoms with Crippen molar-refractivity contribution in [2.75, 3.05) is 0 Å². The van der Waals surface area contributed by atoms with Gasteiger partial charge in [0.25, 0.3) is 0 Å². The SMILES string of the molecule is Cc1noc(C)c1CC(=O)NC1(C)CCCCC1C(=O)O. The molecule has 1 aliphatic rings. The predicted octanol–water partition coefficient (Wildman–Crippen LogP) is 1.98. The van der Waals surface area contributed by atoms with E-state index in [0.29, 0.717) is 24.3 Å². The Kier molecular flexibility index (Phi) is 4.34. The number of carboxylic acid groups (broad SMARTS) is 1. The number of carbonyl (C=O) groups excluding carboxylic acids is 1. The minimum absolute atomic E-state index is 0.170. The highest BCUT2D eigenvalue weighted by Gasteiger charge is 2.42. The van der Waals surface area contributed by atoms with Gasteiger partial charge in [-0.15, -0.1) is 0 Å². The molecule has 116 valence electrons. The fourth-order valence-corrected chi connectivity index (χ4v) is 3.16. The first-order valence-electron chi connectivity index (χ1n) is 7.29. The standard InChI is InChI=1S/C15H22N2O4/c1-9-11(10(2)21-17-9)8-13(18)16-15(3)7-5-4-6-12(15)14(19)20/h12H,4-8H2,1-3H3,(H,16,18)(H,19,20). The van der Waals surface area contributed by atoms with E-state index < -0.39 is 17.4 Å². The van der Waals surface area contributed by atoms with Gasteiger partial charge in [-0.1, -0.05) is 18.0 Å². The Morgan fingerprint density at radius 2 is 2.14 bits per heavy atom. The Bertz CT molecular complexity index is 532. The van der Waals surface area contributed by atoms with Crippen LogP contribution in [0.2, 0.25) is 0 Å². The van der Waals surface area contributed by atoms with Crippen LogP contribution < -0.4 is 5.32 Å². The fraction of sp³-hybridized carbons (Fsp3) is 0.667. The third-order valence-corrected chi connectivity index (χ3v) is 4.45. The summed E-state index contributed by atoms with van der Waals surface area (Å²) < 4.78 is 5.05. The molecule has 2 rings (SSSR count). The van der Waals surface area contributed by atoms with Crippen molar-refractivity contribution in [2.45, 2.75) is 58.4 Å². The molecule has 0 saturated heterocycles. The van der Waals surface area contributed by atoms with E-state index in [1.807, 2.05) is 6.92 Å². The number of aryl methyl sites for hydroxylation is 2. The molecule has 1 heterocycles. The average molecular weight is 294 g/mol. The van der Waals surface area contributed by atoms with Crippen LogP contribution in [-0.2, 0) is 16.0 Å². The summed E-state index contributed by atoms with van der Waals surface area (Å²) in [5.41, 5.74) is 0.796. The van der Waals surface area contributed by atoms with Crippen LogP contribution in [0.4, 0.5) is 0 Å². The van der Waals surface area contributed by atoms with Gasteiger partial charge >= 0.3 is 5.97 Å². The number of amides is 1. The van der Waals surface area contributed by atoms with E-state index in [1.54, 1.807) is 13.8 Å². The van der Waals surface area contributed by atoms with Crippen molar-refractivity contribution >= 4 is 11.9 Å². The van der Waals surface area contributed by atoms with Gasteiger partial charge in [0.2, 0.25) is 5.91 Å². The van der Waals surface area contributed by atoms with Crippen LogP contribution >= 0.6 is 0 Å². The molecule has 0 spiro atoms. The lowest BCUT2D eigenvalue weighted by molar-refractivity contribution is -0.146. The molecule has 21 heavy (non-hydrogen) atoms. The summed E-state index contributed by atoms with van der Waals surface area (Å²) in [6.45, 7) is 5.39. The van der Waals surface area contributed by atoms with Crippen LogP contribution in [-0.4, -0.2) is 27.7 Å². The van der Waals surface area contributed by atoms with Gasteiger partial charge in [0, 0.05) is 5.56 Å². The van der Waals surface area contributed by atoms with Crippen molar-refractivity contribution in [3.63, 3.8) is 0 Å². The van der Waals surface area contributed by atoms with Gasteiger partial charge in [0.15, 0.2) is 0 Å². The summed E-state index contributed by atoms with van der Waals surface area (Å²) in [7, 11) is 0.